The molecule has 35 heavy (non-hydrogen) atoms. The second-order valence-electron chi connectivity index (χ2n) is 8.24. The minimum Gasteiger partial charge on any atom is -0.390 e. The molecule has 0 aromatic heterocycles. The first kappa shape index (κ1) is 26.1. The van der Waals surface area contributed by atoms with E-state index in [4.69, 9.17) is 5.73 Å². The van der Waals surface area contributed by atoms with Crippen molar-refractivity contribution >= 4 is 27.6 Å². The topological polar surface area (TPSA) is 176 Å². The van der Waals surface area contributed by atoms with Gasteiger partial charge in [0.1, 0.15) is 17.9 Å². The number of aliphatic hydroxyl groups is 2. The lowest BCUT2D eigenvalue weighted by atomic mass is 9.89. The van der Waals surface area contributed by atoms with Crippen LogP contribution in [0.25, 0.3) is 0 Å². The van der Waals surface area contributed by atoms with Gasteiger partial charge in [-0.15, -0.1) is 0 Å². The van der Waals surface area contributed by atoms with E-state index in [9.17, 15) is 33.0 Å². The molecule has 6 N–H and O–H groups in total. The van der Waals surface area contributed by atoms with Crippen LogP contribution in [0.15, 0.2) is 77.2 Å². The summed E-state index contributed by atoms with van der Waals surface area (Å²) in [7, 11) is -3.93. The van der Waals surface area contributed by atoms with Crippen molar-refractivity contribution in [1.29, 1.82) is 0 Å². The van der Waals surface area contributed by atoms with Gasteiger partial charge in [0, 0.05) is 18.4 Å². The number of rotatable bonds is 9. The predicted octanol–water partition coefficient (Wildman–Crippen LogP) is -0.790. The number of carbonyl (C=O) groups is 3. The number of amides is 3. The molecule has 0 bridgehead atoms. The molecule has 4 unspecified atom stereocenters. The largest absolute Gasteiger partial charge is 0.390 e. The van der Waals surface area contributed by atoms with Gasteiger partial charge in [-0.1, -0.05) is 54.6 Å². The van der Waals surface area contributed by atoms with Crippen molar-refractivity contribution in [3.8, 4) is 0 Å². The van der Waals surface area contributed by atoms with Gasteiger partial charge in [0.05, 0.1) is 17.0 Å². The normalized spacial score (nSPS) is 20.9. The van der Waals surface area contributed by atoms with Gasteiger partial charge >= 0.3 is 0 Å². The van der Waals surface area contributed by atoms with Crippen molar-refractivity contribution in [3.05, 3.63) is 77.9 Å². The number of hydrogen-bond acceptors (Lipinski definition) is 7. The summed E-state index contributed by atoms with van der Waals surface area (Å²) >= 11 is 0. The molecule has 0 saturated carbocycles. The summed E-state index contributed by atoms with van der Waals surface area (Å²) in [6, 6.07) is 14.1. The standard InChI is InChI=1S/C24H27N3O7S/c25-23(31)19(11-15-7-3-1-4-8-15)27-24(32)16-12-18(22(30)20(28)13-16)26-21(29)14-35(33,34)17-9-5-2-6-10-17/h1-10,12,18-20,22,28,30H,11,13-14H2,(H2,25,31)(H,26,29)(H,27,32). The van der Waals surface area contributed by atoms with Crippen LogP contribution < -0.4 is 16.4 Å². The van der Waals surface area contributed by atoms with Gasteiger partial charge in [0.25, 0.3) is 0 Å². The number of nitrogens with one attached hydrogen (secondary N) is 2. The highest BCUT2D eigenvalue weighted by Crippen LogP contribution is 2.21. The zero-order valence-electron chi connectivity index (χ0n) is 18.7. The van der Waals surface area contributed by atoms with Gasteiger partial charge in [-0.2, -0.15) is 0 Å². The summed E-state index contributed by atoms with van der Waals surface area (Å²) in [6.07, 6.45) is -1.72. The predicted molar refractivity (Wildman–Crippen MR) is 126 cm³/mol. The molecule has 0 heterocycles. The number of carbonyl (C=O) groups excluding carboxylic acids is 3. The van der Waals surface area contributed by atoms with E-state index in [-0.39, 0.29) is 23.3 Å². The SMILES string of the molecule is NC(=O)C(Cc1ccccc1)NC(=O)C1=CC(NC(=O)CS(=O)(=O)c2ccccc2)C(O)C(O)C1. The van der Waals surface area contributed by atoms with E-state index in [1.807, 2.05) is 0 Å². The third-order valence-corrected chi connectivity index (χ3v) is 7.18. The summed E-state index contributed by atoms with van der Waals surface area (Å²) in [6.45, 7) is 0. The van der Waals surface area contributed by atoms with E-state index < -0.39 is 57.6 Å². The lowest BCUT2D eigenvalue weighted by molar-refractivity contribution is -0.126. The summed E-state index contributed by atoms with van der Waals surface area (Å²) in [5.74, 6) is -3.25. The van der Waals surface area contributed by atoms with E-state index in [2.05, 4.69) is 10.6 Å². The molecule has 0 radical (unpaired) electrons. The first-order valence-corrected chi connectivity index (χ1v) is 12.5. The molecule has 2 aromatic carbocycles. The smallest absolute Gasteiger partial charge is 0.247 e. The second-order valence-corrected chi connectivity index (χ2v) is 10.2. The van der Waals surface area contributed by atoms with Crippen LogP contribution in [-0.2, 0) is 30.6 Å². The quantitative estimate of drug-likeness (QED) is 0.299. The average Bonchev–Trinajstić information content (AvgIpc) is 2.82. The molecule has 0 spiro atoms. The molecule has 0 fully saturated rings. The molecule has 0 aliphatic heterocycles. The molecule has 3 amide bonds. The first-order valence-electron chi connectivity index (χ1n) is 10.8. The number of nitrogens with two attached hydrogens (primary N) is 1. The van der Waals surface area contributed by atoms with Crippen LogP contribution in [0.1, 0.15) is 12.0 Å². The number of primary amides is 1. The third-order valence-electron chi connectivity index (χ3n) is 5.55. The molecule has 186 valence electrons. The van der Waals surface area contributed by atoms with E-state index in [0.717, 1.165) is 5.56 Å². The van der Waals surface area contributed by atoms with Crippen molar-refractivity contribution in [1.82, 2.24) is 10.6 Å². The zero-order valence-corrected chi connectivity index (χ0v) is 19.5. The van der Waals surface area contributed by atoms with Gasteiger partial charge in [-0.3, -0.25) is 14.4 Å². The van der Waals surface area contributed by atoms with Crippen molar-refractivity contribution in [2.75, 3.05) is 5.75 Å². The van der Waals surface area contributed by atoms with Crippen LogP contribution in [0.2, 0.25) is 0 Å². The monoisotopic (exact) mass is 501 g/mol. The third kappa shape index (κ3) is 6.98. The number of aliphatic hydroxyl groups excluding tert-OH is 2. The fourth-order valence-corrected chi connectivity index (χ4v) is 4.87. The molecule has 2 aromatic rings. The van der Waals surface area contributed by atoms with Crippen LogP contribution in [0, 0.1) is 0 Å². The van der Waals surface area contributed by atoms with E-state index in [0.29, 0.717) is 0 Å². The molecule has 4 atom stereocenters. The molecular formula is C24H27N3O7S. The lowest BCUT2D eigenvalue weighted by Gasteiger charge is -2.31. The number of benzene rings is 2. The van der Waals surface area contributed by atoms with Crippen LogP contribution in [0.5, 0.6) is 0 Å². The Kier molecular flexibility index (Phi) is 8.39. The van der Waals surface area contributed by atoms with Crippen LogP contribution in [0.4, 0.5) is 0 Å². The van der Waals surface area contributed by atoms with Crippen molar-refractivity contribution < 1.29 is 33.0 Å². The molecule has 1 aliphatic rings. The summed E-state index contributed by atoms with van der Waals surface area (Å²) in [5.41, 5.74) is 6.22. The Labute approximate surface area is 202 Å². The van der Waals surface area contributed by atoms with Crippen molar-refractivity contribution in [2.45, 2.75) is 42.0 Å². The van der Waals surface area contributed by atoms with Gasteiger partial charge in [0.15, 0.2) is 9.84 Å². The molecule has 11 heteroatoms. The summed E-state index contributed by atoms with van der Waals surface area (Å²) < 4.78 is 24.9. The molecule has 3 rings (SSSR count). The van der Waals surface area contributed by atoms with Gasteiger partial charge in [-0.25, -0.2) is 8.42 Å². The molecular weight excluding hydrogens is 474 g/mol. The lowest BCUT2D eigenvalue weighted by Crippen LogP contribution is -2.53. The second kappa shape index (κ2) is 11.3. The van der Waals surface area contributed by atoms with Crippen molar-refractivity contribution in [2.24, 2.45) is 5.73 Å². The Hall–Kier alpha value is -3.54. The minimum absolute atomic E-state index is 0.0123. The highest BCUT2D eigenvalue weighted by Gasteiger charge is 2.35. The Morgan fingerprint density at radius 2 is 1.60 bits per heavy atom. The number of hydrogen-bond donors (Lipinski definition) is 5. The average molecular weight is 502 g/mol. The Morgan fingerprint density at radius 1 is 1.00 bits per heavy atom. The summed E-state index contributed by atoms with van der Waals surface area (Å²) in [5, 5.41) is 25.4. The maximum atomic E-state index is 12.8. The fraction of sp³-hybridized carbons (Fsp3) is 0.292. The highest BCUT2D eigenvalue weighted by molar-refractivity contribution is 7.92. The van der Waals surface area contributed by atoms with E-state index in [1.165, 1.54) is 30.3 Å². The highest BCUT2D eigenvalue weighted by atomic mass is 32.2. The summed E-state index contributed by atoms with van der Waals surface area (Å²) in [4.78, 5) is 37.1. The van der Waals surface area contributed by atoms with Gasteiger partial charge in [-0.05, 0) is 17.7 Å². The fourth-order valence-electron chi connectivity index (χ4n) is 3.70. The van der Waals surface area contributed by atoms with Crippen molar-refractivity contribution in [3.63, 3.8) is 0 Å². The number of sulfone groups is 1. The minimum atomic E-state index is -3.93. The van der Waals surface area contributed by atoms with Gasteiger partial charge < -0.3 is 26.6 Å². The molecule has 10 nitrogen and oxygen atoms in total. The van der Waals surface area contributed by atoms with Crippen LogP contribution >= 0.6 is 0 Å². The molecule has 1 aliphatic carbocycles. The Morgan fingerprint density at radius 3 is 2.20 bits per heavy atom. The zero-order chi connectivity index (χ0) is 25.6. The first-order chi connectivity index (χ1) is 16.6. The van der Waals surface area contributed by atoms with E-state index in [1.54, 1.807) is 36.4 Å². The van der Waals surface area contributed by atoms with E-state index >= 15 is 0 Å². The maximum Gasteiger partial charge on any atom is 0.247 e. The molecule has 0 saturated heterocycles. The Balaban J connectivity index is 1.70. The van der Waals surface area contributed by atoms with Crippen LogP contribution in [-0.4, -0.2) is 66.4 Å². The van der Waals surface area contributed by atoms with Gasteiger partial charge in [0.2, 0.25) is 17.7 Å². The maximum absolute atomic E-state index is 12.8. The Bertz CT molecular complexity index is 1200. The van der Waals surface area contributed by atoms with Crippen LogP contribution in [0.3, 0.4) is 0 Å².